The second kappa shape index (κ2) is 6.84. The second-order valence-corrected chi connectivity index (χ2v) is 8.86. The summed E-state index contributed by atoms with van der Waals surface area (Å²) in [6.45, 7) is 2.30. The lowest BCUT2D eigenvalue weighted by Gasteiger charge is -2.33. The fourth-order valence-corrected chi connectivity index (χ4v) is 5.90. The van der Waals surface area contributed by atoms with Gasteiger partial charge >= 0.3 is 0 Å². The van der Waals surface area contributed by atoms with Crippen LogP contribution in [0, 0.1) is 11.8 Å². The normalized spacial score (nSPS) is 26.2. The number of hydrogen-bond donors (Lipinski definition) is 2. The number of hydrazine groups is 1. The molecule has 3 N–H and O–H groups in total. The van der Waals surface area contributed by atoms with Crippen molar-refractivity contribution in [2.75, 3.05) is 0 Å². The van der Waals surface area contributed by atoms with Crippen molar-refractivity contribution in [3.63, 3.8) is 0 Å². The highest BCUT2D eigenvalue weighted by Gasteiger charge is 2.29. The van der Waals surface area contributed by atoms with Crippen molar-refractivity contribution in [2.24, 2.45) is 17.7 Å². The number of hydrogen-bond acceptors (Lipinski definition) is 3. The maximum absolute atomic E-state index is 5.80. The zero-order valence-corrected chi connectivity index (χ0v) is 14.6. The SMILES string of the molecule is CCC1CCC(C(NN)c2cc(Br)sc2Br)CC1. The number of halogens is 2. The van der Waals surface area contributed by atoms with Gasteiger partial charge in [-0.2, -0.15) is 0 Å². The average Bonchev–Trinajstić information content (AvgIpc) is 2.70. The first kappa shape index (κ1) is 15.0. The minimum atomic E-state index is 0.278. The van der Waals surface area contributed by atoms with Crippen LogP contribution in [0.2, 0.25) is 0 Å². The van der Waals surface area contributed by atoms with Crippen LogP contribution in [0.25, 0.3) is 0 Å². The number of thiophene rings is 1. The fourth-order valence-electron chi connectivity index (χ4n) is 2.97. The van der Waals surface area contributed by atoms with Gasteiger partial charge in [0.15, 0.2) is 0 Å². The van der Waals surface area contributed by atoms with Crippen molar-refractivity contribution >= 4 is 43.2 Å². The van der Waals surface area contributed by atoms with Gasteiger partial charge in [0.05, 0.1) is 13.6 Å². The van der Waals surface area contributed by atoms with E-state index in [1.807, 2.05) is 0 Å². The lowest BCUT2D eigenvalue weighted by Crippen LogP contribution is -2.35. The summed E-state index contributed by atoms with van der Waals surface area (Å²) in [7, 11) is 0. The summed E-state index contributed by atoms with van der Waals surface area (Å²) in [6, 6.07) is 2.46. The molecule has 1 aromatic rings. The summed E-state index contributed by atoms with van der Waals surface area (Å²) in [6.07, 6.45) is 6.59. The molecule has 5 heteroatoms. The standard InChI is InChI=1S/C13H20Br2N2S/c1-2-8-3-5-9(6-4-8)12(17-16)10-7-11(14)18-13(10)15/h7-9,12,17H,2-6,16H2,1H3. The van der Waals surface area contributed by atoms with Gasteiger partial charge in [0, 0.05) is 0 Å². The van der Waals surface area contributed by atoms with Crippen molar-refractivity contribution < 1.29 is 0 Å². The number of nitrogens with two attached hydrogens (primary N) is 1. The Labute approximate surface area is 130 Å². The molecule has 102 valence electrons. The third-order valence-electron chi connectivity index (χ3n) is 4.14. The molecule has 1 aromatic heterocycles. The van der Waals surface area contributed by atoms with Crippen LogP contribution in [0.4, 0.5) is 0 Å². The van der Waals surface area contributed by atoms with Crippen LogP contribution in [0.15, 0.2) is 13.6 Å². The zero-order valence-electron chi connectivity index (χ0n) is 10.6. The van der Waals surface area contributed by atoms with Crippen LogP contribution in [0.5, 0.6) is 0 Å². The van der Waals surface area contributed by atoms with Gasteiger partial charge in [-0.15, -0.1) is 11.3 Å². The van der Waals surface area contributed by atoms with Gasteiger partial charge in [0.1, 0.15) is 0 Å². The van der Waals surface area contributed by atoms with E-state index in [4.69, 9.17) is 5.84 Å². The van der Waals surface area contributed by atoms with E-state index < -0.39 is 0 Å². The Bertz CT molecular complexity index is 386. The molecule has 2 rings (SSSR count). The van der Waals surface area contributed by atoms with Gasteiger partial charge in [-0.1, -0.05) is 26.2 Å². The monoisotopic (exact) mass is 394 g/mol. The first-order chi connectivity index (χ1) is 8.65. The van der Waals surface area contributed by atoms with Gasteiger partial charge in [0.25, 0.3) is 0 Å². The van der Waals surface area contributed by atoms with Crippen LogP contribution in [-0.2, 0) is 0 Å². The molecule has 1 atom stereocenters. The molecular formula is C13H20Br2N2S. The second-order valence-electron chi connectivity index (χ2n) is 5.11. The Morgan fingerprint density at radius 1 is 1.39 bits per heavy atom. The minimum absolute atomic E-state index is 0.278. The smallest absolute Gasteiger partial charge is 0.0758 e. The molecule has 2 nitrogen and oxygen atoms in total. The van der Waals surface area contributed by atoms with Crippen molar-refractivity contribution in [1.29, 1.82) is 0 Å². The van der Waals surface area contributed by atoms with E-state index in [9.17, 15) is 0 Å². The summed E-state index contributed by atoms with van der Waals surface area (Å²) in [5, 5.41) is 0. The predicted molar refractivity (Wildman–Crippen MR) is 85.5 cm³/mol. The van der Waals surface area contributed by atoms with Crippen molar-refractivity contribution in [3.05, 3.63) is 19.2 Å². The summed E-state index contributed by atoms with van der Waals surface area (Å²) in [4.78, 5) is 0. The van der Waals surface area contributed by atoms with Crippen LogP contribution < -0.4 is 11.3 Å². The van der Waals surface area contributed by atoms with Crippen LogP contribution >= 0.6 is 43.2 Å². The number of nitrogens with one attached hydrogen (secondary N) is 1. The Kier molecular flexibility index (Phi) is 5.69. The predicted octanol–water partition coefficient (Wildman–Crippen LogP) is 4.99. The molecule has 0 saturated heterocycles. The van der Waals surface area contributed by atoms with E-state index in [1.54, 1.807) is 11.3 Å². The molecule has 0 amide bonds. The maximum atomic E-state index is 5.80. The molecule has 0 spiro atoms. The Balaban J connectivity index is 2.08. The highest BCUT2D eigenvalue weighted by Crippen LogP contribution is 2.42. The van der Waals surface area contributed by atoms with E-state index in [-0.39, 0.29) is 6.04 Å². The maximum Gasteiger partial charge on any atom is 0.0758 e. The molecule has 0 bridgehead atoms. The third-order valence-corrected chi connectivity index (χ3v) is 6.52. The zero-order chi connectivity index (χ0) is 13.1. The lowest BCUT2D eigenvalue weighted by atomic mass is 9.76. The number of rotatable bonds is 4. The summed E-state index contributed by atoms with van der Waals surface area (Å²) >= 11 is 8.91. The largest absolute Gasteiger partial charge is 0.271 e. The molecular weight excluding hydrogens is 376 g/mol. The first-order valence-electron chi connectivity index (χ1n) is 6.56. The van der Waals surface area contributed by atoms with Gasteiger partial charge in [-0.25, -0.2) is 0 Å². The Morgan fingerprint density at radius 3 is 2.50 bits per heavy atom. The Morgan fingerprint density at radius 2 is 2.06 bits per heavy atom. The molecule has 18 heavy (non-hydrogen) atoms. The minimum Gasteiger partial charge on any atom is -0.271 e. The van der Waals surface area contributed by atoms with Crippen LogP contribution in [0.3, 0.4) is 0 Å². The summed E-state index contributed by atoms with van der Waals surface area (Å²) in [5.74, 6) is 7.39. The molecule has 1 saturated carbocycles. The molecule has 1 fully saturated rings. The van der Waals surface area contributed by atoms with E-state index in [1.165, 1.54) is 41.5 Å². The van der Waals surface area contributed by atoms with E-state index in [0.29, 0.717) is 5.92 Å². The molecule has 1 unspecified atom stereocenters. The van der Waals surface area contributed by atoms with Crippen molar-refractivity contribution in [3.8, 4) is 0 Å². The molecule has 0 radical (unpaired) electrons. The van der Waals surface area contributed by atoms with E-state index >= 15 is 0 Å². The molecule has 1 aliphatic rings. The van der Waals surface area contributed by atoms with Gasteiger partial charge in [0.2, 0.25) is 0 Å². The lowest BCUT2D eigenvalue weighted by molar-refractivity contribution is 0.219. The molecule has 0 aliphatic heterocycles. The van der Waals surface area contributed by atoms with Gasteiger partial charge in [-0.05, 0) is 68.2 Å². The quantitative estimate of drug-likeness (QED) is 0.556. The molecule has 1 heterocycles. The first-order valence-corrected chi connectivity index (χ1v) is 8.96. The molecule has 0 aromatic carbocycles. The van der Waals surface area contributed by atoms with E-state index in [0.717, 1.165) is 9.70 Å². The van der Waals surface area contributed by atoms with E-state index in [2.05, 4.69) is 50.3 Å². The topological polar surface area (TPSA) is 38.0 Å². The van der Waals surface area contributed by atoms with Gasteiger partial charge < -0.3 is 0 Å². The van der Waals surface area contributed by atoms with Gasteiger partial charge in [-0.3, -0.25) is 11.3 Å². The average molecular weight is 396 g/mol. The van der Waals surface area contributed by atoms with Crippen molar-refractivity contribution in [2.45, 2.75) is 45.1 Å². The molecule has 1 aliphatic carbocycles. The highest BCUT2D eigenvalue weighted by molar-refractivity contribution is 9.12. The highest BCUT2D eigenvalue weighted by atomic mass is 79.9. The van der Waals surface area contributed by atoms with Crippen LogP contribution in [0.1, 0.15) is 50.6 Å². The third kappa shape index (κ3) is 3.37. The Hall–Kier alpha value is 0.580. The summed E-state index contributed by atoms with van der Waals surface area (Å²) in [5.41, 5.74) is 4.33. The van der Waals surface area contributed by atoms with Crippen molar-refractivity contribution in [1.82, 2.24) is 5.43 Å². The van der Waals surface area contributed by atoms with Crippen LogP contribution in [-0.4, -0.2) is 0 Å². The summed E-state index contributed by atoms with van der Waals surface area (Å²) < 4.78 is 2.35. The fraction of sp³-hybridized carbons (Fsp3) is 0.692.